The summed E-state index contributed by atoms with van der Waals surface area (Å²) in [5, 5.41) is 0. The third-order valence-corrected chi connectivity index (χ3v) is 3.59. The van der Waals surface area contributed by atoms with Gasteiger partial charge >= 0.3 is 6.09 Å². The molecule has 0 atom stereocenters. The van der Waals surface area contributed by atoms with Gasteiger partial charge in [-0.3, -0.25) is 4.90 Å². The number of likely N-dealkylation sites (N-methyl/N-ethyl adjacent to an activating group) is 1. The lowest BCUT2D eigenvalue weighted by Crippen LogP contribution is -2.71. The topological polar surface area (TPSA) is 32.8 Å². The van der Waals surface area contributed by atoms with Crippen molar-refractivity contribution in [1.29, 1.82) is 0 Å². The summed E-state index contributed by atoms with van der Waals surface area (Å²) >= 11 is 0. The highest BCUT2D eigenvalue weighted by Crippen LogP contribution is 2.36. The summed E-state index contributed by atoms with van der Waals surface area (Å²) in [6, 6.07) is 0. The minimum absolute atomic E-state index is 0.0648. The first-order chi connectivity index (χ1) is 7.82. The number of hydrogen-bond acceptors (Lipinski definition) is 3. The van der Waals surface area contributed by atoms with Crippen molar-refractivity contribution < 1.29 is 9.53 Å². The van der Waals surface area contributed by atoms with Crippen LogP contribution in [-0.2, 0) is 4.74 Å². The molecule has 0 radical (unpaired) electrons. The fourth-order valence-corrected chi connectivity index (χ4v) is 2.99. The maximum absolute atomic E-state index is 12.2. The van der Waals surface area contributed by atoms with Gasteiger partial charge in [-0.15, -0.1) is 0 Å². The number of piperidine rings is 1. The Balaban J connectivity index is 2.04. The Kier molecular flexibility index (Phi) is 3.10. The number of amides is 1. The maximum Gasteiger partial charge on any atom is 0.410 e. The third kappa shape index (κ3) is 2.57. The first-order valence-electron chi connectivity index (χ1n) is 6.52. The maximum atomic E-state index is 12.2. The van der Waals surface area contributed by atoms with Crippen LogP contribution in [0.1, 0.15) is 40.0 Å². The predicted molar refractivity (Wildman–Crippen MR) is 67.0 cm³/mol. The molecule has 2 aliphatic heterocycles. The molecule has 4 heteroatoms. The first kappa shape index (κ1) is 12.7. The number of carbonyl (C=O) groups excluding carboxylic acids is 1. The Bertz CT molecular complexity index is 298. The second kappa shape index (κ2) is 4.16. The molecule has 0 N–H and O–H groups in total. The number of ether oxygens (including phenoxy) is 1. The number of likely N-dealkylation sites (tertiary alicyclic amines) is 2. The summed E-state index contributed by atoms with van der Waals surface area (Å²) in [6.07, 6.45) is 3.32. The van der Waals surface area contributed by atoms with E-state index in [4.69, 9.17) is 4.74 Å². The largest absolute Gasteiger partial charge is 0.444 e. The molecule has 98 valence electrons. The number of hydrogen-bond donors (Lipinski definition) is 0. The van der Waals surface area contributed by atoms with E-state index in [9.17, 15) is 4.79 Å². The van der Waals surface area contributed by atoms with Crippen LogP contribution in [0.3, 0.4) is 0 Å². The molecular formula is C13H24N2O2. The predicted octanol–water partition coefficient (Wildman–Crippen LogP) is 2.09. The van der Waals surface area contributed by atoms with Gasteiger partial charge in [0.15, 0.2) is 0 Å². The molecule has 17 heavy (non-hydrogen) atoms. The highest BCUT2D eigenvalue weighted by molar-refractivity contribution is 5.69. The lowest BCUT2D eigenvalue weighted by atomic mass is 9.80. The summed E-state index contributed by atoms with van der Waals surface area (Å²) in [5.74, 6) is 0. The number of nitrogens with zero attached hydrogens (tertiary/aromatic N) is 2. The highest BCUT2D eigenvalue weighted by Gasteiger charge is 2.50. The molecule has 4 nitrogen and oxygen atoms in total. The molecule has 0 aromatic heterocycles. The van der Waals surface area contributed by atoms with E-state index in [1.165, 1.54) is 6.42 Å². The van der Waals surface area contributed by atoms with E-state index in [0.717, 1.165) is 32.5 Å². The molecule has 0 saturated carbocycles. The van der Waals surface area contributed by atoms with Gasteiger partial charge in [0.1, 0.15) is 5.60 Å². The van der Waals surface area contributed by atoms with Crippen molar-refractivity contribution in [3.05, 3.63) is 0 Å². The monoisotopic (exact) mass is 240 g/mol. The second-order valence-corrected chi connectivity index (χ2v) is 6.49. The lowest BCUT2D eigenvalue weighted by molar-refractivity contribution is -0.0730. The second-order valence-electron chi connectivity index (χ2n) is 6.49. The van der Waals surface area contributed by atoms with Gasteiger partial charge in [-0.2, -0.15) is 0 Å². The van der Waals surface area contributed by atoms with Crippen molar-refractivity contribution in [3.63, 3.8) is 0 Å². The zero-order valence-corrected chi connectivity index (χ0v) is 11.5. The van der Waals surface area contributed by atoms with Crippen LogP contribution >= 0.6 is 0 Å². The van der Waals surface area contributed by atoms with Crippen LogP contribution in [0.4, 0.5) is 4.79 Å². The van der Waals surface area contributed by atoms with E-state index < -0.39 is 5.60 Å². The molecule has 0 bridgehead atoms. The Morgan fingerprint density at radius 2 is 1.88 bits per heavy atom. The molecule has 0 unspecified atom stereocenters. The smallest absolute Gasteiger partial charge is 0.410 e. The summed E-state index contributed by atoms with van der Waals surface area (Å²) in [4.78, 5) is 16.5. The zero-order chi connectivity index (χ0) is 12.7. The zero-order valence-electron chi connectivity index (χ0n) is 11.5. The van der Waals surface area contributed by atoms with Crippen LogP contribution in [0.15, 0.2) is 0 Å². The third-order valence-electron chi connectivity index (χ3n) is 3.59. The molecule has 1 amide bonds. The highest BCUT2D eigenvalue weighted by atomic mass is 16.6. The number of carbonyl (C=O) groups is 1. The number of rotatable bonds is 0. The van der Waals surface area contributed by atoms with Gasteiger partial charge < -0.3 is 9.64 Å². The summed E-state index contributed by atoms with van der Waals surface area (Å²) in [6.45, 7) is 8.61. The molecule has 0 aromatic rings. The van der Waals surface area contributed by atoms with Crippen molar-refractivity contribution in [2.45, 2.75) is 51.2 Å². The summed E-state index contributed by atoms with van der Waals surface area (Å²) in [7, 11) is 2.10. The molecule has 2 saturated heterocycles. The van der Waals surface area contributed by atoms with E-state index in [1.807, 2.05) is 25.7 Å². The summed E-state index contributed by atoms with van der Waals surface area (Å²) < 4.78 is 5.51. The van der Waals surface area contributed by atoms with Crippen molar-refractivity contribution >= 4 is 6.09 Å². The van der Waals surface area contributed by atoms with Gasteiger partial charge in [-0.05, 0) is 47.1 Å². The first-order valence-corrected chi connectivity index (χ1v) is 6.52. The SMILES string of the molecule is CN1CC2(CCCCN2C(=O)OC(C)(C)C)C1. The van der Waals surface area contributed by atoms with Crippen molar-refractivity contribution in [2.75, 3.05) is 26.7 Å². The molecule has 2 heterocycles. The minimum Gasteiger partial charge on any atom is -0.444 e. The van der Waals surface area contributed by atoms with E-state index >= 15 is 0 Å². The van der Waals surface area contributed by atoms with Gasteiger partial charge in [0.25, 0.3) is 0 Å². The molecule has 2 fully saturated rings. The average Bonchev–Trinajstić information content (AvgIpc) is 2.13. The van der Waals surface area contributed by atoms with Gasteiger partial charge in [0.2, 0.25) is 0 Å². The van der Waals surface area contributed by atoms with Crippen molar-refractivity contribution in [3.8, 4) is 0 Å². The van der Waals surface area contributed by atoms with Crippen LogP contribution < -0.4 is 0 Å². The Hall–Kier alpha value is -0.770. The van der Waals surface area contributed by atoms with E-state index in [-0.39, 0.29) is 11.6 Å². The molecule has 0 aliphatic carbocycles. The van der Waals surface area contributed by atoms with Gasteiger partial charge in [0.05, 0.1) is 5.54 Å². The van der Waals surface area contributed by atoms with Gasteiger partial charge in [0, 0.05) is 19.6 Å². The van der Waals surface area contributed by atoms with Gasteiger partial charge in [-0.25, -0.2) is 4.79 Å². The Labute approximate surface area is 104 Å². The fourth-order valence-electron chi connectivity index (χ4n) is 2.99. The Morgan fingerprint density at radius 3 is 2.41 bits per heavy atom. The standard InChI is InChI=1S/C13H24N2O2/c1-12(2,3)17-11(16)15-8-6-5-7-13(15)9-14(4)10-13/h5-10H2,1-4H3. The van der Waals surface area contributed by atoms with Crippen molar-refractivity contribution in [2.24, 2.45) is 0 Å². The van der Waals surface area contributed by atoms with E-state index in [0.29, 0.717) is 0 Å². The van der Waals surface area contributed by atoms with Gasteiger partial charge in [-0.1, -0.05) is 0 Å². The molecular weight excluding hydrogens is 216 g/mol. The molecule has 1 spiro atoms. The molecule has 2 aliphatic rings. The van der Waals surface area contributed by atoms with Crippen LogP contribution in [0.5, 0.6) is 0 Å². The van der Waals surface area contributed by atoms with Crippen LogP contribution in [0.2, 0.25) is 0 Å². The normalized spacial score (nSPS) is 24.6. The fraction of sp³-hybridized carbons (Fsp3) is 0.923. The van der Waals surface area contributed by atoms with Crippen molar-refractivity contribution in [1.82, 2.24) is 9.80 Å². The van der Waals surface area contributed by atoms with Crippen LogP contribution in [0.25, 0.3) is 0 Å². The average molecular weight is 240 g/mol. The van der Waals surface area contributed by atoms with E-state index in [1.54, 1.807) is 0 Å². The van der Waals surface area contributed by atoms with E-state index in [2.05, 4.69) is 11.9 Å². The van der Waals surface area contributed by atoms with Crippen LogP contribution in [0, 0.1) is 0 Å². The Morgan fingerprint density at radius 1 is 1.24 bits per heavy atom. The lowest BCUT2D eigenvalue weighted by Gasteiger charge is -2.56. The quantitative estimate of drug-likeness (QED) is 0.650. The summed E-state index contributed by atoms with van der Waals surface area (Å²) in [5.41, 5.74) is -0.333. The van der Waals surface area contributed by atoms with Crippen LogP contribution in [-0.4, -0.2) is 53.7 Å². The molecule has 2 rings (SSSR count). The molecule has 0 aromatic carbocycles. The minimum atomic E-state index is -0.397.